The number of hydrogen-bond donors (Lipinski definition) is 0. The molecule has 0 amide bonds. The standard InChI is InChI=1S/C20H15ClN4S/c21-19-11-4-2-7-17(19)13-26-20-24-22-14-25(20)23-12-16-9-5-8-15-6-1-3-10-18(15)16/h1-12,14H,13H2/b23-12+. The fraction of sp³-hybridized carbons (Fsp3) is 0.0500. The summed E-state index contributed by atoms with van der Waals surface area (Å²) < 4.78 is 1.68. The molecule has 1 aromatic heterocycles. The minimum atomic E-state index is 0.710. The number of halogens is 1. The van der Waals surface area contributed by atoms with E-state index in [1.165, 1.54) is 5.39 Å². The summed E-state index contributed by atoms with van der Waals surface area (Å²) in [6.45, 7) is 0. The lowest BCUT2D eigenvalue weighted by Crippen LogP contribution is -1.93. The Morgan fingerprint density at radius 2 is 1.81 bits per heavy atom. The van der Waals surface area contributed by atoms with Crippen LogP contribution in [0, 0.1) is 0 Å². The Kier molecular flexibility index (Phi) is 5.00. The first-order chi connectivity index (χ1) is 12.8. The Morgan fingerprint density at radius 3 is 2.73 bits per heavy atom. The number of rotatable bonds is 5. The Labute approximate surface area is 160 Å². The molecule has 0 atom stereocenters. The van der Waals surface area contributed by atoms with E-state index in [0.717, 1.165) is 26.7 Å². The average Bonchev–Trinajstić information content (AvgIpc) is 3.13. The molecule has 0 spiro atoms. The second-order valence-electron chi connectivity index (χ2n) is 5.65. The molecule has 4 nitrogen and oxygen atoms in total. The highest BCUT2D eigenvalue weighted by Gasteiger charge is 2.07. The van der Waals surface area contributed by atoms with Crippen molar-refractivity contribution in [2.24, 2.45) is 5.10 Å². The van der Waals surface area contributed by atoms with Gasteiger partial charge >= 0.3 is 0 Å². The molecule has 4 rings (SSSR count). The van der Waals surface area contributed by atoms with E-state index in [1.54, 1.807) is 22.8 Å². The van der Waals surface area contributed by atoms with E-state index in [0.29, 0.717) is 5.75 Å². The van der Waals surface area contributed by atoms with E-state index in [9.17, 15) is 0 Å². The van der Waals surface area contributed by atoms with Crippen LogP contribution in [0.3, 0.4) is 0 Å². The van der Waals surface area contributed by atoms with Crippen LogP contribution in [-0.2, 0) is 5.75 Å². The van der Waals surface area contributed by atoms with Crippen molar-refractivity contribution in [1.29, 1.82) is 0 Å². The van der Waals surface area contributed by atoms with Gasteiger partial charge in [0, 0.05) is 16.3 Å². The van der Waals surface area contributed by atoms with Crippen molar-refractivity contribution >= 4 is 40.3 Å². The molecule has 0 radical (unpaired) electrons. The molecule has 3 aromatic carbocycles. The van der Waals surface area contributed by atoms with E-state index in [1.807, 2.05) is 54.7 Å². The molecule has 0 N–H and O–H groups in total. The first-order valence-corrected chi connectivity index (χ1v) is 9.46. The van der Waals surface area contributed by atoms with Gasteiger partial charge < -0.3 is 0 Å². The fourth-order valence-corrected chi connectivity index (χ4v) is 3.79. The third-order valence-electron chi connectivity index (χ3n) is 3.96. The van der Waals surface area contributed by atoms with Gasteiger partial charge in [-0.15, -0.1) is 10.2 Å². The summed E-state index contributed by atoms with van der Waals surface area (Å²) in [6.07, 6.45) is 3.45. The second-order valence-corrected chi connectivity index (χ2v) is 7.00. The Morgan fingerprint density at radius 1 is 1.00 bits per heavy atom. The van der Waals surface area contributed by atoms with Crippen LogP contribution in [0.2, 0.25) is 5.02 Å². The maximum Gasteiger partial charge on any atom is 0.212 e. The first kappa shape index (κ1) is 16.8. The van der Waals surface area contributed by atoms with E-state index < -0.39 is 0 Å². The molecule has 4 aromatic rings. The summed E-state index contributed by atoms with van der Waals surface area (Å²) in [5.41, 5.74) is 2.12. The van der Waals surface area contributed by atoms with Crippen LogP contribution in [-0.4, -0.2) is 21.1 Å². The molecule has 0 saturated heterocycles. The van der Waals surface area contributed by atoms with E-state index in [-0.39, 0.29) is 0 Å². The Hall–Kier alpha value is -2.63. The molecule has 0 fully saturated rings. The fourth-order valence-electron chi connectivity index (χ4n) is 2.64. The van der Waals surface area contributed by atoms with E-state index in [4.69, 9.17) is 11.6 Å². The molecule has 128 valence electrons. The highest BCUT2D eigenvalue weighted by atomic mass is 35.5. The molecule has 0 aliphatic carbocycles. The van der Waals surface area contributed by atoms with Crippen molar-refractivity contribution in [3.05, 3.63) is 89.2 Å². The lowest BCUT2D eigenvalue weighted by Gasteiger charge is -2.04. The lowest BCUT2D eigenvalue weighted by atomic mass is 10.1. The molecular weight excluding hydrogens is 364 g/mol. The first-order valence-electron chi connectivity index (χ1n) is 8.09. The Bertz CT molecular complexity index is 1070. The second kappa shape index (κ2) is 7.72. The van der Waals surface area contributed by atoms with E-state index >= 15 is 0 Å². The van der Waals surface area contributed by atoms with Gasteiger partial charge in [0.05, 0.1) is 6.21 Å². The number of hydrogen-bond acceptors (Lipinski definition) is 4. The van der Waals surface area contributed by atoms with Crippen LogP contribution in [0.25, 0.3) is 10.8 Å². The van der Waals surface area contributed by atoms with Crippen molar-refractivity contribution in [3.63, 3.8) is 0 Å². The van der Waals surface area contributed by atoms with Crippen LogP contribution in [0.1, 0.15) is 11.1 Å². The molecule has 0 aliphatic rings. The third-order valence-corrected chi connectivity index (χ3v) is 5.31. The predicted molar refractivity (Wildman–Crippen MR) is 108 cm³/mol. The normalized spacial score (nSPS) is 11.4. The Balaban J connectivity index is 1.55. The van der Waals surface area contributed by atoms with Gasteiger partial charge in [-0.2, -0.15) is 9.78 Å². The summed E-state index contributed by atoms with van der Waals surface area (Å²) in [5.74, 6) is 0.710. The zero-order chi connectivity index (χ0) is 17.8. The summed E-state index contributed by atoms with van der Waals surface area (Å²) in [5, 5.41) is 16.5. The number of aromatic nitrogens is 3. The van der Waals surface area contributed by atoms with Crippen molar-refractivity contribution in [2.45, 2.75) is 10.9 Å². The third kappa shape index (κ3) is 3.64. The molecule has 1 heterocycles. The predicted octanol–water partition coefficient (Wildman–Crippen LogP) is 5.26. The van der Waals surface area contributed by atoms with E-state index in [2.05, 4.69) is 33.5 Å². The van der Waals surface area contributed by atoms with Gasteiger partial charge in [0.25, 0.3) is 0 Å². The average molecular weight is 379 g/mol. The van der Waals surface area contributed by atoms with Crippen LogP contribution in [0.15, 0.2) is 83.3 Å². The summed E-state index contributed by atoms with van der Waals surface area (Å²) in [6, 6.07) is 22.2. The zero-order valence-electron chi connectivity index (χ0n) is 13.8. The van der Waals surface area contributed by atoms with Gasteiger partial charge in [0.15, 0.2) is 0 Å². The van der Waals surface area contributed by atoms with Gasteiger partial charge in [-0.3, -0.25) is 0 Å². The largest absolute Gasteiger partial charge is 0.212 e. The molecular formula is C20H15ClN4S. The molecule has 0 saturated carbocycles. The van der Waals surface area contributed by atoms with Gasteiger partial charge in [-0.05, 0) is 22.4 Å². The number of thioether (sulfide) groups is 1. The molecule has 26 heavy (non-hydrogen) atoms. The maximum atomic E-state index is 6.22. The van der Waals surface area contributed by atoms with Gasteiger partial charge in [-0.1, -0.05) is 84.0 Å². The lowest BCUT2D eigenvalue weighted by molar-refractivity contribution is 0.767. The van der Waals surface area contributed by atoms with Gasteiger partial charge in [0.1, 0.15) is 6.33 Å². The van der Waals surface area contributed by atoms with Gasteiger partial charge in [0.2, 0.25) is 5.16 Å². The number of nitrogens with zero attached hydrogens (tertiary/aromatic N) is 4. The highest BCUT2D eigenvalue weighted by Crippen LogP contribution is 2.25. The monoisotopic (exact) mass is 378 g/mol. The van der Waals surface area contributed by atoms with Crippen LogP contribution in [0.4, 0.5) is 0 Å². The molecule has 6 heteroatoms. The number of benzene rings is 3. The minimum absolute atomic E-state index is 0.710. The van der Waals surface area contributed by atoms with Crippen LogP contribution in [0.5, 0.6) is 0 Å². The molecule has 0 unspecified atom stereocenters. The van der Waals surface area contributed by atoms with Crippen molar-refractivity contribution in [2.75, 3.05) is 0 Å². The van der Waals surface area contributed by atoms with Crippen molar-refractivity contribution in [3.8, 4) is 0 Å². The molecule has 0 bridgehead atoms. The van der Waals surface area contributed by atoms with Crippen molar-refractivity contribution < 1.29 is 0 Å². The van der Waals surface area contributed by atoms with Crippen LogP contribution >= 0.6 is 23.4 Å². The smallest absolute Gasteiger partial charge is 0.195 e. The maximum absolute atomic E-state index is 6.22. The quantitative estimate of drug-likeness (QED) is 0.351. The zero-order valence-corrected chi connectivity index (χ0v) is 15.4. The highest BCUT2D eigenvalue weighted by molar-refractivity contribution is 7.98. The topological polar surface area (TPSA) is 43.1 Å². The number of fused-ring (bicyclic) bond motifs is 1. The minimum Gasteiger partial charge on any atom is -0.195 e. The summed E-state index contributed by atoms with van der Waals surface area (Å²) in [7, 11) is 0. The SMILES string of the molecule is Clc1ccccc1CSc1nncn1/N=C/c1cccc2ccccc12. The molecule has 0 aliphatic heterocycles. The van der Waals surface area contributed by atoms with Crippen molar-refractivity contribution in [1.82, 2.24) is 14.9 Å². The summed E-state index contributed by atoms with van der Waals surface area (Å²) >= 11 is 7.77. The van der Waals surface area contributed by atoms with Gasteiger partial charge in [-0.25, -0.2) is 0 Å². The summed E-state index contributed by atoms with van der Waals surface area (Å²) in [4.78, 5) is 0. The van der Waals surface area contributed by atoms with Crippen LogP contribution < -0.4 is 0 Å².